The molecule has 1 aliphatic heterocycles. The van der Waals surface area contributed by atoms with Gasteiger partial charge >= 0.3 is 0 Å². The summed E-state index contributed by atoms with van der Waals surface area (Å²) < 4.78 is 8.65. The van der Waals surface area contributed by atoms with Crippen molar-refractivity contribution >= 4 is 39.4 Å². The summed E-state index contributed by atoms with van der Waals surface area (Å²) in [5.74, 6) is 0. The fraction of sp³-hybridized carbons (Fsp3) is 1.00. The van der Waals surface area contributed by atoms with Gasteiger partial charge in [0, 0.05) is 0 Å². The van der Waals surface area contributed by atoms with Crippen LogP contribution in [0.25, 0.3) is 0 Å². The van der Waals surface area contributed by atoms with Crippen LogP contribution in [0.4, 0.5) is 0 Å². The topological polar surface area (TPSA) is 49.9 Å². The lowest BCUT2D eigenvalue weighted by Gasteiger charge is -2.38. The van der Waals surface area contributed by atoms with Crippen LogP contribution in [0.15, 0.2) is 0 Å². The van der Waals surface area contributed by atoms with Crippen LogP contribution in [-0.4, -0.2) is 83.4 Å². The summed E-state index contributed by atoms with van der Waals surface area (Å²) in [5, 5.41) is 0. The quantitative estimate of drug-likeness (QED) is 0.427. The predicted molar refractivity (Wildman–Crippen MR) is 88.0 cm³/mol. The Morgan fingerprint density at radius 2 is 0.700 bits per heavy atom. The number of rotatable bonds is 8. The molecule has 0 aliphatic carbocycles. The second-order valence-corrected chi connectivity index (χ2v) is 14.5. The summed E-state index contributed by atoms with van der Waals surface area (Å²) in [6.45, 7) is 10.9. The van der Waals surface area contributed by atoms with Crippen molar-refractivity contribution in [1.29, 1.82) is 0 Å². The van der Waals surface area contributed by atoms with Gasteiger partial charge in [-0.25, -0.2) is 17.6 Å². The summed E-state index contributed by atoms with van der Waals surface area (Å²) in [7, 11) is -2.86. The van der Waals surface area contributed by atoms with Crippen molar-refractivity contribution in [2.24, 2.45) is 0 Å². The molecule has 1 aliphatic rings. The molecule has 0 radical (unpaired) electrons. The highest BCUT2D eigenvalue weighted by molar-refractivity contribution is 6.63. The molecule has 20 heavy (non-hydrogen) atoms. The van der Waals surface area contributed by atoms with Crippen molar-refractivity contribution in [2.75, 3.05) is 26.4 Å². The molecule has 1 fully saturated rings. The maximum atomic E-state index is 5.77. The van der Waals surface area contributed by atoms with E-state index in [2.05, 4.69) is 17.6 Å². The Morgan fingerprint density at radius 1 is 0.500 bits per heavy atom. The Morgan fingerprint density at radius 3 is 0.850 bits per heavy atom. The zero-order valence-electron chi connectivity index (χ0n) is 13.1. The Bertz CT molecular complexity index is 203. The van der Waals surface area contributed by atoms with Gasteiger partial charge in [-0.15, -0.1) is 0 Å². The summed E-state index contributed by atoms with van der Waals surface area (Å²) in [5.41, 5.74) is 0. The fourth-order valence-corrected chi connectivity index (χ4v) is 15.6. The molecule has 120 valence electrons. The van der Waals surface area contributed by atoms with Crippen molar-refractivity contribution < 1.29 is 19.4 Å². The largest absolute Gasteiger partial charge is 0.311 e. The highest BCUT2D eigenvalue weighted by Crippen LogP contribution is 2.03. The van der Waals surface area contributed by atoms with Gasteiger partial charge in [-0.05, 0) is 27.7 Å². The van der Waals surface area contributed by atoms with Crippen molar-refractivity contribution in [1.82, 2.24) is 17.6 Å². The van der Waals surface area contributed by atoms with E-state index in [-0.39, 0.29) is 0 Å². The number of hydrogen-bond donors (Lipinski definition) is 0. The SMILES string of the molecule is CCON1[SiH2]N(OCC)[SiH2]N(OCC)[SiH2]N(OCC)[SiH2]1. The van der Waals surface area contributed by atoms with Crippen LogP contribution in [0, 0.1) is 0 Å². The lowest BCUT2D eigenvalue weighted by Crippen LogP contribution is -2.60. The molecule has 0 bridgehead atoms. The zero-order valence-corrected chi connectivity index (χ0v) is 18.7. The van der Waals surface area contributed by atoms with Gasteiger partial charge in [-0.2, -0.15) is 0 Å². The maximum Gasteiger partial charge on any atom is 0.214 e. The van der Waals surface area contributed by atoms with Crippen LogP contribution < -0.4 is 0 Å². The van der Waals surface area contributed by atoms with E-state index in [4.69, 9.17) is 19.4 Å². The first kappa shape index (κ1) is 18.6. The standard InChI is InChI=1S/C8H28N4O4Si4/c1-5-13-9-17-10(14-6-2)19-12(16-8-4)20-11(18-9)15-7-3/h5-8,17-20H2,1-4H3. The molecule has 0 unspecified atom stereocenters. The van der Waals surface area contributed by atoms with Gasteiger partial charge in [0.2, 0.25) is 39.4 Å². The van der Waals surface area contributed by atoms with E-state index in [1.807, 2.05) is 27.7 Å². The first-order valence-electron chi connectivity index (χ1n) is 7.24. The third-order valence-electron chi connectivity index (χ3n) is 2.51. The molecule has 1 saturated heterocycles. The summed E-state index contributed by atoms with van der Waals surface area (Å²) in [6, 6.07) is 0. The average Bonchev–Trinajstić information content (AvgIpc) is 2.37. The highest BCUT2D eigenvalue weighted by Gasteiger charge is 2.26. The molecular weight excluding hydrogens is 328 g/mol. The minimum atomic E-state index is -0.715. The van der Waals surface area contributed by atoms with Crippen LogP contribution in [0.2, 0.25) is 0 Å². The Kier molecular flexibility index (Phi) is 10.4. The molecule has 0 aromatic heterocycles. The average molecular weight is 357 g/mol. The molecule has 0 amide bonds. The lowest BCUT2D eigenvalue weighted by atomic mass is 10.9. The lowest BCUT2D eigenvalue weighted by molar-refractivity contribution is -0.108. The van der Waals surface area contributed by atoms with Gasteiger partial charge < -0.3 is 19.4 Å². The molecule has 8 nitrogen and oxygen atoms in total. The van der Waals surface area contributed by atoms with Gasteiger partial charge in [-0.3, -0.25) is 0 Å². The van der Waals surface area contributed by atoms with Crippen molar-refractivity contribution in [3.8, 4) is 0 Å². The maximum absolute atomic E-state index is 5.77. The van der Waals surface area contributed by atoms with Crippen molar-refractivity contribution in [3.63, 3.8) is 0 Å². The number of nitrogens with zero attached hydrogens (tertiary/aromatic N) is 4. The molecule has 12 heteroatoms. The Hall–Kier alpha value is 0.548. The monoisotopic (exact) mass is 356 g/mol. The van der Waals surface area contributed by atoms with Crippen molar-refractivity contribution in [3.05, 3.63) is 0 Å². The van der Waals surface area contributed by atoms with E-state index in [1.54, 1.807) is 0 Å². The van der Waals surface area contributed by atoms with E-state index in [1.165, 1.54) is 0 Å². The van der Waals surface area contributed by atoms with Crippen molar-refractivity contribution in [2.45, 2.75) is 27.7 Å². The van der Waals surface area contributed by atoms with E-state index in [0.29, 0.717) is 26.4 Å². The normalized spacial score (nSPS) is 25.8. The van der Waals surface area contributed by atoms with Crippen LogP contribution >= 0.6 is 0 Å². The van der Waals surface area contributed by atoms with Crippen LogP contribution in [-0.2, 0) is 19.4 Å². The molecule has 0 N–H and O–H groups in total. The molecule has 0 saturated carbocycles. The van der Waals surface area contributed by atoms with Crippen LogP contribution in [0.1, 0.15) is 27.7 Å². The van der Waals surface area contributed by atoms with Gasteiger partial charge in [0.1, 0.15) is 0 Å². The molecule has 0 spiro atoms. The minimum Gasteiger partial charge on any atom is -0.311 e. The molecule has 0 aromatic rings. The third kappa shape index (κ3) is 7.01. The summed E-state index contributed by atoms with van der Waals surface area (Å²) >= 11 is 0. The van der Waals surface area contributed by atoms with Gasteiger partial charge in [0.05, 0.1) is 26.4 Å². The minimum absolute atomic E-state index is 0.707. The fourth-order valence-electron chi connectivity index (χ4n) is 1.94. The van der Waals surface area contributed by atoms with E-state index >= 15 is 0 Å². The van der Waals surface area contributed by atoms with E-state index < -0.39 is 39.4 Å². The number of hydrogen-bond acceptors (Lipinski definition) is 8. The molecule has 0 aromatic carbocycles. The Balaban J connectivity index is 2.67. The zero-order chi connectivity index (χ0) is 14.8. The Labute approximate surface area is 131 Å². The molecule has 1 heterocycles. The van der Waals surface area contributed by atoms with E-state index in [9.17, 15) is 0 Å². The first-order chi connectivity index (χ1) is 9.73. The molecule has 1 rings (SSSR count). The van der Waals surface area contributed by atoms with Crippen LogP contribution in [0.3, 0.4) is 0 Å². The molecule has 0 atom stereocenters. The first-order valence-corrected chi connectivity index (χ1v) is 12.3. The predicted octanol–water partition coefficient (Wildman–Crippen LogP) is -2.99. The highest BCUT2D eigenvalue weighted by atomic mass is 28.4. The van der Waals surface area contributed by atoms with E-state index in [0.717, 1.165) is 0 Å². The summed E-state index contributed by atoms with van der Waals surface area (Å²) in [4.78, 5) is 23.1. The van der Waals surface area contributed by atoms with Crippen LogP contribution in [0.5, 0.6) is 0 Å². The van der Waals surface area contributed by atoms with Gasteiger partial charge in [0.25, 0.3) is 0 Å². The van der Waals surface area contributed by atoms with Gasteiger partial charge in [-0.1, -0.05) is 0 Å². The van der Waals surface area contributed by atoms with Gasteiger partial charge in [0.15, 0.2) is 0 Å². The second kappa shape index (κ2) is 11.2. The third-order valence-corrected chi connectivity index (χ3v) is 11.3. The smallest absolute Gasteiger partial charge is 0.214 e. The second-order valence-electron chi connectivity index (χ2n) is 4.16. The summed E-state index contributed by atoms with van der Waals surface area (Å²) in [6.07, 6.45) is 0. The molecular formula is C8H28N4O4Si4.